The van der Waals surface area contributed by atoms with Gasteiger partial charge in [-0.2, -0.15) is 0 Å². The van der Waals surface area contributed by atoms with Crippen LogP contribution in [0.25, 0.3) is 0 Å². The first kappa shape index (κ1) is 15.4. The normalized spacial score (nSPS) is 11.9. The molecule has 0 nitrogen and oxygen atoms in total. The van der Waals surface area contributed by atoms with Crippen LogP contribution in [0.15, 0.2) is 60.7 Å². The van der Waals surface area contributed by atoms with Crippen molar-refractivity contribution in [2.45, 2.75) is 12.1 Å². The summed E-state index contributed by atoms with van der Waals surface area (Å²) in [7, 11) is 0.0361. The number of rotatable bonds is 4. The van der Waals surface area contributed by atoms with Gasteiger partial charge in [-0.15, -0.1) is 24.9 Å². The van der Waals surface area contributed by atoms with Gasteiger partial charge in [-0.25, -0.2) is 0 Å². The summed E-state index contributed by atoms with van der Waals surface area (Å²) >= 11 is 0. The maximum absolute atomic E-state index is 2.37. The van der Waals surface area contributed by atoms with Crippen LogP contribution in [0.3, 0.4) is 0 Å². The van der Waals surface area contributed by atoms with Crippen molar-refractivity contribution in [1.82, 2.24) is 0 Å². The molecule has 0 aliphatic rings. The van der Waals surface area contributed by atoms with E-state index in [1.807, 2.05) is 0 Å². The first-order chi connectivity index (χ1) is 8.27. The van der Waals surface area contributed by atoms with Gasteiger partial charge in [-0.1, -0.05) is 60.7 Å². The highest BCUT2D eigenvalue weighted by Crippen LogP contribution is 2.46. The second kappa shape index (κ2) is 7.71. The zero-order valence-electron chi connectivity index (χ0n) is 10.9. The van der Waals surface area contributed by atoms with E-state index in [4.69, 9.17) is 0 Å². The van der Waals surface area contributed by atoms with Crippen LogP contribution >= 0.6 is 24.9 Å². The van der Waals surface area contributed by atoms with E-state index in [1.165, 1.54) is 11.1 Å². The first-order valence-corrected chi connectivity index (χ1v) is 8.33. The Labute approximate surface area is 122 Å². The zero-order chi connectivity index (χ0) is 12.1. The average molecular weight is 323 g/mol. The molecule has 96 valence electrons. The predicted molar refractivity (Wildman–Crippen MR) is 88.4 cm³/mol. The van der Waals surface area contributed by atoms with Crippen molar-refractivity contribution in [1.29, 1.82) is 0 Å². The summed E-state index contributed by atoms with van der Waals surface area (Å²) < 4.78 is 0. The van der Waals surface area contributed by atoms with Crippen molar-refractivity contribution in [2.24, 2.45) is 0 Å². The van der Waals surface area contributed by atoms with Crippen molar-refractivity contribution in [3.05, 3.63) is 71.8 Å². The summed E-state index contributed by atoms with van der Waals surface area (Å²) in [4.78, 5) is 0. The van der Waals surface area contributed by atoms with Gasteiger partial charge in [0.15, 0.2) is 0 Å². The molecule has 2 aromatic rings. The van der Waals surface area contributed by atoms with Crippen LogP contribution in [0.4, 0.5) is 0 Å². The fourth-order valence-corrected chi connectivity index (χ4v) is 3.46. The predicted octanol–water partition coefficient (Wildman–Crippen LogP) is 5.29. The molecule has 0 N–H and O–H groups in total. The second-order valence-electron chi connectivity index (χ2n) is 4.58. The molecular weight excluding hydrogens is 303 g/mol. The lowest BCUT2D eigenvalue weighted by Gasteiger charge is -2.22. The van der Waals surface area contributed by atoms with Crippen molar-refractivity contribution in [3.63, 3.8) is 0 Å². The summed E-state index contributed by atoms with van der Waals surface area (Å²) in [6, 6.07) is 21.7. The van der Waals surface area contributed by atoms with Crippen molar-refractivity contribution >= 4 is 24.9 Å². The molecular formula is C16H20BrP. The third-order valence-corrected chi connectivity index (χ3v) is 4.81. The van der Waals surface area contributed by atoms with Gasteiger partial charge < -0.3 is 0 Å². The van der Waals surface area contributed by atoms with Gasteiger partial charge in [0.25, 0.3) is 0 Å². The van der Waals surface area contributed by atoms with E-state index in [-0.39, 0.29) is 24.9 Å². The van der Waals surface area contributed by atoms with E-state index in [9.17, 15) is 0 Å². The molecule has 0 fully saturated rings. The molecule has 0 saturated carbocycles. The molecule has 0 spiro atoms. The van der Waals surface area contributed by atoms with Gasteiger partial charge in [0.05, 0.1) is 0 Å². The topological polar surface area (TPSA) is 0 Å². The minimum absolute atomic E-state index is 0. The summed E-state index contributed by atoms with van der Waals surface area (Å²) in [5.74, 6) is 0. The molecule has 0 heterocycles. The van der Waals surface area contributed by atoms with Crippen LogP contribution in [-0.4, -0.2) is 13.3 Å². The summed E-state index contributed by atoms with van der Waals surface area (Å²) in [5, 5.41) is 0. The Morgan fingerprint density at radius 1 is 0.833 bits per heavy atom. The van der Waals surface area contributed by atoms with Gasteiger partial charge in [-0.05, 0) is 30.9 Å². The van der Waals surface area contributed by atoms with Crippen LogP contribution in [-0.2, 0) is 6.42 Å². The van der Waals surface area contributed by atoms with E-state index >= 15 is 0 Å². The number of hydrogen-bond donors (Lipinski definition) is 0. The molecule has 0 bridgehead atoms. The lowest BCUT2D eigenvalue weighted by molar-refractivity contribution is 0.920. The molecule has 0 aromatic heterocycles. The van der Waals surface area contributed by atoms with Gasteiger partial charge in [-0.3, -0.25) is 0 Å². The fraction of sp³-hybridized carbons (Fsp3) is 0.250. The van der Waals surface area contributed by atoms with Crippen molar-refractivity contribution in [3.8, 4) is 0 Å². The highest BCUT2D eigenvalue weighted by Gasteiger charge is 2.15. The van der Waals surface area contributed by atoms with Gasteiger partial charge >= 0.3 is 0 Å². The van der Waals surface area contributed by atoms with Crippen LogP contribution in [0.5, 0.6) is 0 Å². The van der Waals surface area contributed by atoms with Crippen LogP contribution in [0.2, 0.25) is 0 Å². The van der Waals surface area contributed by atoms with Crippen molar-refractivity contribution < 1.29 is 0 Å². The van der Waals surface area contributed by atoms with Crippen LogP contribution < -0.4 is 0 Å². The monoisotopic (exact) mass is 322 g/mol. The zero-order valence-corrected chi connectivity index (χ0v) is 13.5. The Morgan fingerprint density at radius 3 is 1.83 bits per heavy atom. The Balaban J connectivity index is 0.00000162. The Morgan fingerprint density at radius 2 is 1.33 bits per heavy atom. The summed E-state index contributed by atoms with van der Waals surface area (Å²) in [5.41, 5.74) is 3.60. The Hall–Kier alpha value is -0.650. The van der Waals surface area contributed by atoms with E-state index in [0.717, 1.165) is 6.42 Å². The third kappa shape index (κ3) is 4.23. The highest BCUT2D eigenvalue weighted by atomic mass is 79.9. The molecule has 2 heteroatoms. The van der Waals surface area contributed by atoms with Gasteiger partial charge in [0, 0.05) is 5.66 Å². The van der Waals surface area contributed by atoms with Gasteiger partial charge in [0.1, 0.15) is 0 Å². The number of hydrogen-bond acceptors (Lipinski definition) is 0. The van der Waals surface area contributed by atoms with Crippen molar-refractivity contribution in [2.75, 3.05) is 13.3 Å². The standard InChI is InChI=1S/C16H19P.BrH/c1-17(2)16(15-11-7-4-8-12-15)13-14-9-5-3-6-10-14;/h3-12,16H,13H2,1-2H3;1H. The molecule has 0 aliphatic carbocycles. The molecule has 0 saturated heterocycles. The molecule has 0 amide bonds. The molecule has 1 atom stereocenters. The second-order valence-corrected chi connectivity index (χ2v) is 7.13. The van der Waals surface area contributed by atoms with E-state index < -0.39 is 0 Å². The Bertz CT molecular complexity index is 439. The average Bonchev–Trinajstić information content (AvgIpc) is 2.38. The molecule has 0 aliphatic heterocycles. The minimum Gasteiger partial charge on any atom is -0.114 e. The molecule has 0 radical (unpaired) electrons. The molecule has 1 unspecified atom stereocenters. The quantitative estimate of drug-likeness (QED) is 0.671. The lowest BCUT2D eigenvalue weighted by Crippen LogP contribution is -2.00. The summed E-state index contributed by atoms with van der Waals surface area (Å²) in [6.07, 6.45) is 1.16. The molecule has 18 heavy (non-hydrogen) atoms. The van der Waals surface area contributed by atoms with Gasteiger partial charge in [0.2, 0.25) is 0 Å². The molecule has 2 aromatic carbocycles. The van der Waals surface area contributed by atoms with E-state index in [2.05, 4.69) is 74.0 Å². The van der Waals surface area contributed by atoms with Crippen LogP contribution in [0.1, 0.15) is 16.8 Å². The maximum atomic E-state index is 2.37. The number of benzene rings is 2. The highest BCUT2D eigenvalue weighted by molar-refractivity contribution is 8.93. The Kier molecular flexibility index (Phi) is 6.60. The first-order valence-electron chi connectivity index (χ1n) is 6.02. The third-order valence-electron chi connectivity index (χ3n) is 3.08. The number of halogens is 1. The fourth-order valence-electron chi connectivity index (χ4n) is 2.11. The minimum atomic E-state index is 0. The molecule has 2 rings (SSSR count). The summed E-state index contributed by atoms with van der Waals surface area (Å²) in [6.45, 7) is 4.74. The lowest BCUT2D eigenvalue weighted by atomic mass is 10.0. The van der Waals surface area contributed by atoms with E-state index in [0.29, 0.717) is 5.66 Å². The maximum Gasteiger partial charge on any atom is 0.00772 e. The van der Waals surface area contributed by atoms with Crippen LogP contribution in [0, 0.1) is 0 Å². The largest absolute Gasteiger partial charge is 0.114 e. The SMILES string of the molecule is Br.CP(C)C(Cc1ccccc1)c1ccccc1. The smallest absolute Gasteiger partial charge is 0.00772 e. The van der Waals surface area contributed by atoms with E-state index in [1.54, 1.807) is 0 Å².